The van der Waals surface area contributed by atoms with Crippen LogP contribution in [0.3, 0.4) is 0 Å². The van der Waals surface area contributed by atoms with Gasteiger partial charge in [-0.25, -0.2) is 0 Å². The van der Waals surface area contributed by atoms with Crippen LogP contribution < -0.4 is 0 Å². The lowest BCUT2D eigenvalue weighted by Crippen LogP contribution is -2.43. The standard InChI is InChI=1S/C23H31N3O/c1-3-12-24-23(6-1)21-9-7-20(8-10-21)19-26-13-4-2-5-22(26)11-14-25-15-17-27-18-16-25/h1,3,6-10,12,22H,2,4-5,11,13-19H2. The van der Waals surface area contributed by atoms with Gasteiger partial charge >= 0.3 is 0 Å². The Labute approximate surface area is 163 Å². The molecule has 27 heavy (non-hydrogen) atoms. The van der Waals surface area contributed by atoms with Crippen molar-refractivity contribution in [2.24, 2.45) is 0 Å². The second-order valence-corrected chi connectivity index (χ2v) is 7.77. The van der Waals surface area contributed by atoms with Gasteiger partial charge in [-0.15, -0.1) is 0 Å². The Morgan fingerprint density at radius 1 is 0.963 bits per heavy atom. The molecular formula is C23H31N3O. The van der Waals surface area contributed by atoms with Gasteiger partial charge in [0.1, 0.15) is 0 Å². The first kappa shape index (κ1) is 18.6. The van der Waals surface area contributed by atoms with E-state index in [2.05, 4.69) is 45.1 Å². The Kier molecular flexibility index (Phi) is 6.51. The molecule has 2 fully saturated rings. The van der Waals surface area contributed by atoms with Crippen molar-refractivity contribution in [3.05, 3.63) is 54.2 Å². The number of pyridine rings is 1. The predicted octanol–water partition coefficient (Wildman–Crippen LogP) is 3.83. The first-order valence-electron chi connectivity index (χ1n) is 10.4. The van der Waals surface area contributed by atoms with Gasteiger partial charge in [0.15, 0.2) is 0 Å². The highest BCUT2D eigenvalue weighted by atomic mass is 16.5. The Balaban J connectivity index is 1.34. The lowest BCUT2D eigenvalue weighted by molar-refractivity contribution is 0.0302. The summed E-state index contributed by atoms with van der Waals surface area (Å²) in [5, 5.41) is 0. The van der Waals surface area contributed by atoms with Crippen molar-refractivity contribution in [2.45, 2.75) is 38.3 Å². The normalized spacial score (nSPS) is 22.0. The highest BCUT2D eigenvalue weighted by molar-refractivity contribution is 5.58. The van der Waals surface area contributed by atoms with Gasteiger partial charge in [-0.1, -0.05) is 36.8 Å². The third-order valence-corrected chi connectivity index (χ3v) is 5.93. The molecule has 1 aromatic carbocycles. The summed E-state index contributed by atoms with van der Waals surface area (Å²) in [4.78, 5) is 9.73. The number of rotatable bonds is 6. The highest BCUT2D eigenvalue weighted by Crippen LogP contribution is 2.24. The van der Waals surface area contributed by atoms with Crippen LogP contribution in [-0.4, -0.2) is 60.2 Å². The molecule has 1 aromatic heterocycles. The van der Waals surface area contributed by atoms with Gasteiger partial charge in [-0.3, -0.25) is 14.8 Å². The number of hydrogen-bond donors (Lipinski definition) is 0. The van der Waals surface area contributed by atoms with Crippen LogP contribution >= 0.6 is 0 Å². The van der Waals surface area contributed by atoms with E-state index < -0.39 is 0 Å². The number of piperidine rings is 1. The molecule has 4 nitrogen and oxygen atoms in total. The van der Waals surface area contributed by atoms with E-state index in [1.807, 2.05) is 18.3 Å². The van der Waals surface area contributed by atoms with Crippen molar-refractivity contribution in [3.63, 3.8) is 0 Å². The molecule has 0 aliphatic carbocycles. The second-order valence-electron chi connectivity index (χ2n) is 7.77. The fourth-order valence-electron chi connectivity index (χ4n) is 4.30. The largest absolute Gasteiger partial charge is 0.379 e. The maximum absolute atomic E-state index is 5.48. The minimum absolute atomic E-state index is 0.720. The highest BCUT2D eigenvalue weighted by Gasteiger charge is 2.23. The number of morpholine rings is 1. The van der Waals surface area contributed by atoms with Crippen LogP contribution in [0.4, 0.5) is 0 Å². The van der Waals surface area contributed by atoms with Crippen LogP contribution in [0.1, 0.15) is 31.2 Å². The molecule has 2 aromatic rings. The quantitative estimate of drug-likeness (QED) is 0.778. The first-order valence-corrected chi connectivity index (χ1v) is 10.4. The predicted molar refractivity (Wildman–Crippen MR) is 110 cm³/mol. The van der Waals surface area contributed by atoms with Gasteiger partial charge in [-0.2, -0.15) is 0 Å². The number of hydrogen-bond acceptors (Lipinski definition) is 4. The first-order chi connectivity index (χ1) is 13.4. The molecule has 2 saturated heterocycles. The maximum Gasteiger partial charge on any atom is 0.0701 e. The maximum atomic E-state index is 5.48. The van der Waals surface area contributed by atoms with Gasteiger partial charge < -0.3 is 4.74 Å². The van der Waals surface area contributed by atoms with Crippen LogP contribution in [0, 0.1) is 0 Å². The summed E-state index contributed by atoms with van der Waals surface area (Å²) in [5.41, 5.74) is 3.65. The van der Waals surface area contributed by atoms with E-state index in [4.69, 9.17) is 4.74 Å². The Bertz CT molecular complexity index is 683. The van der Waals surface area contributed by atoms with Crippen LogP contribution in [0.15, 0.2) is 48.7 Å². The summed E-state index contributed by atoms with van der Waals surface area (Å²) in [6.45, 7) is 7.51. The molecule has 1 unspecified atom stereocenters. The van der Waals surface area contributed by atoms with E-state index in [1.54, 1.807) is 0 Å². The van der Waals surface area contributed by atoms with E-state index in [0.717, 1.165) is 44.6 Å². The van der Waals surface area contributed by atoms with Crippen molar-refractivity contribution < 1.29 is 4.74 Å². The minimum Gasteiger partial charge on any atom is -0.379 e. The van der Waals surface area contributed by atoms with Crippen LogP contribution in [-0.2, 0) is 11.3 Å². The van der Waals surface area contributed by atoms with E-state index in [1.165, 1.54) is 49.9 Å². The Morgan fingerprint density at radius 3 is 2.59 bits per heavy atom. The smallest absolute Gasteiger partial charge is 0.0701 e. The molecule has 0 N–H and O–H groups in total. The number of ether oxygens (including phenoxy) is 1. The SMILES string of the molecule is c1ccc(-c2ccc(CN3CCCCC3CCN3CCOCC3)cc2)nc1. The van der Waals surface area contributed by atoms with Gasteiger partial charge in [0, 0.05) is 37.4 Å². The number of aromatic nitrogens is 1. The van der Waals surface area contributed by atoms with Gasteiger partial charge in [-0.05, 0) is 50.0 Å². The van der Waals surface area contributed by atoms with E-state index >= 15 is 0 Å². The number of benzene rings is 1. The minimum atomic E-state index is 0.720. The van der Waals surface area contributed by atoms with Gasteiger partial charge in [0.25, 0.3) is 0 Å². The summed E-state index contributed by atoms with van der Waals surface area (Å²) in [6, 6.07) is 15.8. The summed E-state index contributed by atoms with van der Waals surface area (Å²) in [6.07, 6.45) is 7.20. The average Bonchev–Trinajstić information content (AvgIpc) is 2.75. The van der Waals surface area contributed by atoms with Crippen LogP contribution in [0.25, 0.3) is 11.3 Å². The van der Waals surface area contributed by atoms with Gasteiger partial charge in [0.05, 0.1) is 18.9 Å². The molecule has 1 atom stereocenters. The number of nitrogens with zero attached hydrogens (tertiary/aromatic N) is 3. The fraction of sp³-hybridized carbons (Fsp3) is 0.522. The molecule has 0 radical (unpaired) electrons. The lowest BCUT2D eigenvalue weighted by Gasteiger charge is -2.37. The molecule has 0 amide bonds. The van der Waals surface area contributed by atoms with Crippen LogP contribution in [0.2, 0.25) is 0 Å². The second kappa shape index (κ2) is 9.45. The van der Waals surface area contributed by atoms with E-state index in [-0.39, 0.29) is 0 Å². The van der Waals surface area contributed by atoms with Crippen molar-refractivity contribution in [1.29, 1.82) is 0 Å². The molecular weight excluding hydrogens is 334 g/mol. The molecule has 144 valence electrons. The summed E-state index contributed by atoms with van der Waals surface area (Å²) in [5.74, 6) is 0. The zero-order valence-electron chi connectivity index (χ0n) is 16.2. The van der Waals surface area contributed by atoms with Crippen LogP contribution in [0.5, 0.6) is 0 Å². The molecule has 0 bridgehead atoms. The van der Waals surface area contributed by atoms with Gasteiger partial charge in [0.2, 0.25) is 0 Å². The van der Waals surface area contributed by atoms with Crippen molar-refractivity contribution >= 4 is 0 Å². The van der Waals surface area contributed by atoms with Crippen molar-refractivity contribution in [1.82, 2.24) is 14.8 Å². The topological polar surface area (TPSA) is 28.6 Å². The Hall–Kier alpha value is -1.75. The van der Waals surface area contributed by atoms with Crippen molar-refractivity contribution in [2.75, 3.05) is 39.4 Å². The zero-order valence-corrected chi connectivity index (χ0v) is 16.2. The van der Waals surface area contributed by atoms with Crippen molar-refractivity contribution in [3.8, 4) is 11.3 Å². The molecule has 4 rings (SSSR count). The monoisotopic (exact) mass is 365 g/mol. The summed E-state index contributed by atoms with van der Waals surface area (Å²) < 4.78 is 5.48. The zero-order chi connectivity index (χ0) is 18.3. The third kappa shape index (κ3) is 5.16. The summed E-state index contributed by atoms with van der Waals surface area (Å²) >= 11 is 0. The van der Waals surface area contributed by atoms with E-state index in [0.29, 0.717) is 0 Å². The molecule has 2 aliphatic rings. The Morgan fingerprint density at radius 2 is 1.81 bits per heavy atom. The molecule has 0 saturated carbocycles. The average molecular weight is 366 g/mol. The number of likely N-dealkylation sites (tertiary alicyclic amines) is 1. The molecule has 3 heterocycles. The fourth-order valence-corrected chi connectivity index (χ4v) is 4.30. The van der Waals surface area contributed by atoms with E-state index in [9.17, 15) is 0 Å². The lowest BCUT2D eigenvalue weighted by atomic mass is 9.98. The third-order valence-electron chi connectivity index (χ3n) is 5.93. The molecule has 4 heteroatoms. The summed E-state index contributed by atoms with van der Waals surface area (Å²) in [7, 11) is 0. The molecule has 2 aliphatic heterocycles. The molecule has 0 spiro atoms.